The number of hydrogen-bond acceptors (Lipinski definition) is 5. The van der Waals surface area contributed by atoms with Gasteiger partial charge in [0.05, 0.1) is 28.6 Å². The summed E-state index contributed by atoms with van der Waals surface area (Å²) in [7, 11) is 1.88. The van der Waals surface area contributed by atoms with Crippen molar-refractivity contribution < 1.29 is 14.0 Å². The zero-order valence-electron chi connectivity index (χ0n) is 13.2. The van der Waals surface area contributed by atoms with Gasteiger partial charge >= 0.3 is 0 Å². The van der Waals surface area contributed by atoms with E-state index in [1.807, 2.05) is 35.9 Å². The van der Waals surface area contributed by atoms with E-state index in [0.717, 1.165) is 10.2 Å². The lowest BCUT2D eigenvalue weighted by molar-refractivity contribution is -0.120. The molecule has 2 heterocycles. The maximum absolute atomic E-state index is 11.9. The van der Waals surface area contributed by atoms with Gasteiger partial charge in [-0.3, -0.25) is 9.59 Å². The fourth-order valence-electron chi connectivity index (χ4n) is 2.21. The summed E-state index contributed by atoms with van der Waals surface area (Å²) in [4.78, 5) is 24.4. The Bertz CT molecular complexity index is 967. The zero-order chi connectivity index (χ0) is 17.1. The van der Waals surface area contributed by atoms with Crippen LogP contribution in [0.3, 0.4) is 0 Å². The van der Waals surface area contributed by atoms with Crippen LogP contribution in [0.2, 0.25) is 0 Å². The molecule has 8 heteroatoms. The lowest BCUT2D eigenvalue weighted by Gasteiger charge is -2.03. The van der Waals surface area contributed by atoms with Crippen LogP contribution < -0.4 is 15.5 Å². The second-order valence-electron chi connectivity index (χ2n) is 5.13. The molecule has 0 fully saturated rings. The molecule has 0 aliphatic carbocycles. The van der Waals surface area contributed by atoms with Crippen molar-refractivity contribution in [3.05, 3.63) is 52.7 Å². The highest BCUT2D eigenvalue weighted by Crippen LogP contribution is 2.14. The number of fused-ring (bicyclic) bond motifs is 1. The highest BCUT2D eigenvalue weighted by atomic mass is 32.1. The Morgan fingerprint density at radius 1 is 1.29 bits per heavy atom. The molecule has 0 atom stereocenters. The van der Waals surface area contributed by atoms with Crippen molar-refractivity contribution in [2.24, 2.45) is 12.1 Å². The van der Waals surface area contributed by atoms with Gasteiger partial charge < -0.3 is 14.3 Å². The molecule has 2 amide bonds. The van der Waals surface area contributed by atoms with Crippen LogP contribution in [0.25, 0.3) is 10.2 Å². The van der Waals surface area contributed by atoms with Crippen molar-refractivity contribution in [2.75, 3.05) is 6.54 Å². The molecule has 0 radical (unpaired) electrons. The summed E-state index contributed by atoms with van der Waals surface area (Å²) in [5, 5.41) is 6.64. The number of para-hydroxylation sites is 1. The van der Waals surface area contributed by atoms with Crippen molar-refractivity contribution in [1.29, 1.82) is 0 Å². The molecule has 7 nitrogen and oxygen atoms in total. The molecular formula is C16H16N4O3S. The van der Waals surface area contributed by atoms with Crippen molar-refractivity contribution >= 4 is 33.4 Å². The number of thiazole rings is 1. The summed E-state index contributed by atoms with van der Waals surface area (Å²) in [6, 6.07) is 9.44. The number of furan rings is 1. The lowest BCUT2D eigenvalue weighted by Crippen LogP contribution is -2.36. The van der Waals surface area contributed by atoms with Gasteiger partial charge in [-0.2, -0.15) is 0 Å². The first kappa shape index (κ1) is 16.0. The SMILES string of the molecule is Cc1occc1C(=O)NCC(=O)N/N=c1\sc2ccccc2n1C. The van der Waals surface area contributed by atoms with E-state index < -0.39 is 5.91 Å². The predicted octanol–water partition coefficient (Wildman–Crippen LogP) is 1.50. The third-order valence-corrected chi connectivity index (χ3v) is 4.62. The number of carbonyl (C=O) groups excluding carboxylic acids is 2. The maximum atomic E-state index is 11.9. The predicted molar refractivity (Wildman–Crippen MR) is 90.3 cm³/mol. The largest absolute Gasteiger partial charge is 0.469 e. The Hall–Kier alpha value is -2.87. The van der Waals surface area contributed by atoms with Gasteiger partial charge in [0, 0.05) is 7.05 Å². The molecule has 0 saturated heterocycles. The monoisotopic (exact) mass is 344 g/mol. The highest BCUT2D eigenvalue weighted by Gasteiger charge is 2.12. The quantitative estimate of drug-likeness (QED) is 0.703. The molecule has 0 unspecified atom stereocenters. The second kappa shape index (κ2) is 6.71. The van der Waals surface area contributed by atoms with Gasteiger partial charge in [-0.25, -0.2) is 5.43 Å². The van der Waals surface area contributed by atoms with Crippen LogP contribution in [0.1, 0.15) is 16.1 Å². The van der Waals surface area contributed by atoms with E-state index in [4.69, 9.17) is 4.42 Å². The number of nitrogens with one attached hydrogen (secondary N) is 2. The van der Waals surface area contributed by atoms with Gasteiger partial charge in [-0.05, 0) is 25.1 Å². The van der Waals surface area contributed by atoms with E-state index in [-0.39, 0.29) is 12.5 Å². The first-order chi connectivity index (χ1) is 11.6. The average molecular weight is 344 g/mol. The third kappa shape index (κ3) is 3.23. The summed E-state index contributed by atoms with van der Waals surface area (Å²) in [5.41, 5.74) is 3.91. The molecule has 0 bridgehead atoms. The van der Waals surface area contributed by atoms with Crippen molar-refractivity contribution in [2.45, 2.75) is 6.92 Å². The Morgan fingerprint density at radius 3 is 2.79 bits per heavy atom. The van der Waals surface area contributed by atoms with E-state index in [2.05, 4.69) is 15.8 Å². The van der Waals surface area contributed by atoms with Crippen LogP contribution in [-0.4, -0.2) is 22.9 Å². The summed E-state index contributed by atoms with van der Waals surface area (Å²) >= 11 is 1.47. The molecule has 2 aromatic heterocycles. The van der Waals surface area contributed by atoms with Crippen LogP contribution in [0.4, 0.5) is 0 Å². The summed E-state index contributed by atoms with van der Waals surface area (Å²) in [5.74, 6) is -0.249. The Labute approximate surface area is 141 Å². The molecule has 1 aromatic carbocycles. The number of amides is 2. The smallest absolute Gasteiger partial charge is 0.259 e. The van der Waals surface area contributed by atoms with E-state index >= 15 is 0 Å². The average Bonchev–Trinajstić information content (AvgIpc) is 3.15. The van der Waals surface area contributed by atoms with Gasteiger partial charge in [0.1, 0.15) is 5.76 Å². The number of aromatic nitrogens is 1. The van der Waals surface area contributed by atoms with Crippen LogP contribution >= 0.6 is 11.3 Å². The molecule has 3 aromatic rings. The molecule has 0 aliphatic rings. The van der Waals surface area contributed by atoms with Gasteiger partial charge in [0.15, 0.2) is 0 Å². The summed E-state index contributed by atoms with van der Waals surface area (Å²) < 4.78 is 8.04. The van der Waals surface area contributed by atoms with Crippen molar-refractivity contribution in [3.8, 4) is 0 Å². The van der Waals surface area contributed by atoms with E-state index in [9.17, 15) is 9.59 Å². The number of nitrogens with zero attached hydrogens (tertiary/aromatic N) is 2. The fourth-order valence-corrected chi connectivity index (χ4v) is 3.19. The summed E-state index contributed by atoms with van der Waals surface area (Å²) in [6.45, 7) is 1.52. The number of aryl methyl sites for hydroxylation is 2. The minimum Gasteiger partial charge on any atom is -0.469 e. The molecular weight excluding hydrogens is 328 g/mol. The van der Waals surface area contributed by atoms with Crippen molar-refractivity contribution in [3.63, 3.8) is 0 Å². The second-order valence-corrected chi connectivity index (χ2v) is 6.14. The Kier molecular flexibility index (Phi) is 4.48. The third-order valence-electron chi connectivity index (χ3n) is 3.50. The molecule has 24 heavy (non-hydrogen) atoms. The van der Waals surface area contributed by atoms with E-state index in [1.54, 1.807) is 13.0 Å². The van der Waals surface area contributed by atoms with Gasteiger partial charge in [-0.15, -0.1) is 5.10 Å². The van der Waals surface area contributed by atoms with E-state index in [0.29, 0.717) is 16.1 Å². The van der Waals surface area contributed by atoms with Crippen molar-refractivity contribution in [1.82, 2.24) is 15.3 Å². The minimum atomic E-state index is -0.401. The Morgan fingerprint density at radius 2 is 2.08 bits per heavy atom. The number of hydrogen-bond donors (Lipinski definition) is 2. The summed E-state index contributed by atoms with van der Waals surface area (Å²) in [6.07, 6.45) is 1.43. The molecule has 0 aliphatic heterocycles. The van der Waals surface area contributed by atoms with E-state index in [1.165, 1.54) is 17.6 Å². The first-order valence-electron chi connectivity index (χ1n) is 7.25. The zero-order valence-corrected chi connectivity index (χ0v) is 14.0. The number of benzene rings is 1. The van der Waals surface area contributed by atoms with Crippen LogP contribution in [0, 0.1) is 6.92 Å². The number of rotatable bonds is 4. The molecule has 0 saturated carbocycles. The maximum Gasteiger partial charge on any atom is 0.259 e. The molecule has 0 spiro atoms. The molecule has 124 valence electrons. The first-order valence-corrected chi connectivity index (χ1v) is 8.07. The lowest BCUT2D eigenvalue weighted by atomic mass is 10.2. The van der Waals surface area contributed by atoms with Gasteiger partial charge in [0.25, 0.3) is 11.8 Å². The van der Waals surface area contributed by atoms with Crippen LogP contribution in [0.15, 0.2) is 46.1 Å². The fraction of sp³-hybridized carbons (Fsp3) is 0.188. The van der Waals surface area contributed by atoms with Crippen LogP contribution in [-0.2, 0) is 11.8 Å². The number of carbonyl (C=O) groups is 2. The molecule has 3 rings (SSSR count). The normalized spacial score (nSPS) is 11.7. The Balaban J connectivity index is 1.63. The van der Waals surface area contributed by atoms with Crippen LogP contribution in [0.5, 0.6) is 0 Å². The van der Waals surface area contributed by atoms with Gasteiger partial charge in [-0.1, -0.05) is 23.5 Å². The molecule has 2 N–H and O–H groups in total. The standard InChI is InChI=1S/C16H16N4O3S/c1-10-11(7-8-23-10)15(22)17-9-14(21)18-19-16-20(2)12-5-3-4-6-13(12)24-16/h3-8H,9H2,1-2H3,(H,17,22)(H,18,21)/b19-16-. The highest BCUT2D eigenvalue weighted by molar-refractivity contribution is 7.16. The topological polar surface area (TPSA) is 88.6 Å². The van der Waals surface area contributed by atoms with Gasteiger partial charge in [0.2, 0.25) is 4.80 Å². The minimum absolute atomic E-state index is 0.165.